The number of phenolic OH excluding ortho intramolecular Hbond substituents is 2. The summed E-state index contributed by atoms with van der Waals surface area (Å²) in [4.78, 5) is 33.7. The van der Waals surface area contributed by atoms with Gasteiger partial charge in [-0.1, -0.05) is 6.07 Å². The number of amides is 1. The van der Waals surface area contributed by atoms with Gasteiger partial charge >= 0.3 is 11.9 Å². The summed E-state index contributed by atoms with van der Waals surface area (Å²) >= 11 is 0. The number of nitroso groups, excluding NO2 is 1. The molecule has 1 amide bonds. The Labute approximate surface area is 146 Å². The molecular formula is C16H17NO9. The van der Waals surface area contributed by atoms with Gasteiger partial charge in [0.1, 0.15) is 12.2 Å². The van der Waals surface area contributed by atoms with Crippen molar-refractivity contribution in [3.8, 4) is 11.5 Å². The van der Waals surface area contributed by atoms with Crippen molar-refractivity contribution in [2.75, 3.05) is 0 Å². The fourth-order valence-electron chi connectivity index (χ4n) is 2.62. The number of phenols is 2. The summed E-state index contributed by atoms with van der Waals surface area (Å²) in [6.45, 7) is 0. The van der Waals surface area contributed by atoms with Crippen LogP contribution in [-0.2, 0) is 14.3 Å². The second kappa shape index (κ2) is 7.60. The first-order valence-corrected chi connectivity index (χ1v) is 7.53. The molecule has 1 aromatic rings. The van der Waals surface area contributed by atoms with Gasteiger partial charge in [-0.25, -0.2) is 4.79 Å². The molecule has 10 nitrogen and oxygen atoms in total. The highest BCUT2D eigenvalue weighted by atomic mass is 16.6. The lowest BCUT2D eigenvalue weighted by Gasteiger charge is -2.39. The van der Waals surface area contributed by atoms with E-state index in [4.69, 9.17) is 4.74 Å². The molecule has 0 unspecified atom stereocenters. The molecule has 1 aromatic carbocycles. The SMILES string of the molecule is O=NC(=O)[C@]1(O)C[C@@H](O)[C@@H](O)[C@H](OC(=O)/C=C/c2ccc(O)c(O)c2)C1. The van der Waals surface area contributed by atoms with Crippen LogP contribution in [0.1, 0.15) is 18.4 Å². The molecule has 1 saturated carbocycles. The van der Waals surface area contributed by atoms with Gasteiger partial charge in [-0.05, 0) is 23.8 Å². The molecule has 0 spiro atoms. The number of aliphatic hydroxyl groups is 3. The first-order chi connectivity index (χ1) is 12.2. The van der Waals surface area contributed by atoms with Crippen LogP contribution >= 0.6 is 0 Å². The topological polar surface area (TPSA) is 174 Å². The maximum Gasteiger partial charge on any atom is 0.331 e. The number of hydrogen-bond acceptors (Lipinski definition) is 9. The third-order valence-electron chi connectivity index (χ3n) is 4.02. The lowest BCUT2D eigenvalue weighted by atomic mass is 9.79. The van der Waals surface area contributed by atoms with Crippen molar-refractivity contribution in [1.82, 2.24) is 0 Å². The zero-order chi connectivity index (χ0) is 19.5. The molecule has 1 aliphatic rings. The Morgan fingerprint density at radius 2 is 1.88 bits per heavy atom. The summed E-state index contributed by atoms with van der Waals surface area (Å²) in [5.74, 6) is -3.13. The van der Waals surface area contributed by atoms with E-state index in [1.165, 1.54) is 24.3 Å². The van der Waals surface area contributed by atoms with Crippen molar-refractivity contribution in [1.29, 1.82) is 0 Å². The standard InChI is InChI=1S/C16H17NO9/c18-9-3-1-8(5-10(9)19)2-4-13(21)26-12-7-16(24,15(23)17-25)6-11(20)14(12)22/h1-5,11-12,14,18-20,22,24H,6-7H2/b4-2+/t11-,12-,14-,16+/m1/s1. The van der Waals surface area contributed by atoms with Crippen LogP contribution in [0.2, 0.25) is 0 Å². The molecule has 10 heteroatoms. The maximum atomic E-state index is 11.9. The summed E-state index contributed by atoms with van der Waals surface area (Å²) < 4.78 is 4.94. The van der Waals surface area contributed by atoms with E-state index in [-0.39, 0.29) is 5.75 Å². The molecule has 0 saturated heterocycles. The van der Waals surface area contributed by atoms with Crippen molar-refractivity contribution >= 4 is 18.0 Å². The molecule has 0 aromatic heterocycles. The smallest absolute Gasteiger partial charge is 0.331 e. The van der Waals surface area contributed by atoms with E-state index in [9.17, 15) is 40.0 Å². The predicted molar refractivity (Wildman–Crippen MR) is 85.7 cm³/mol. The Balaban J connectivity index is 2.08. The van der Waals surface area contributed by atoms with Gasteiger partial charge in [0, 0.05) is 24.1 Å². The zero-order valence-corrected chi connectivity index (χ0v) is 13.3. The molecule has 0 aliphatic heterocycles. The molecule has 140 valence electrons. The average Bonchev–Trinajstić information content (AvgIpc) is 2.59. The summed E-state index contributed by atoms with van der Waals surface area (Å²) in [6.07, 6.45) is -3.64. The monoisotopic (exact) mass is 367 g/mol. The van der Waals surface area contributed by atoms with Crippen molar-refractivity contribution in [2.24, 2.45) is 5.18 Å². The van der Waals surface area contributed by atoms with Crippen LogP contribution in [0, 0.1) is 4.91 Å². The van der Waals surface area contributed by atoms with E-state index in [1.54, 1.807) is 0 Å². The molecule has 1 aliphatic carbocycles. The second-order valence-corrected chi connectivity index (χ2v) is 5.95. The van der Waals surface area contributed by atoms with Crippen LogP contribution in [-0.4, -0.2) is 61.3 Å². The van der Waals surface area contributed by atoms with E-state index in [0.29, 0.717) is 5.56 Å². The summed E-state index contributed by atoms with van der Waals surface area (Å²) in [5, 5.41) is 50.4. The van der Waals surface area contributed by atoms with Crippen LogP contribution in [0.3, 0.4) is 0 Å². The number of carbonyl (C=O) groups excluding carboxylic acids is 2. The number of rotatable bonds is 4. The number of carbonyl (C=O) groups is 2. The van der Waals surface area contributed by atoms with Crippen LogP contribution in [0.15, 0.2) is 29.5 Å². The van der Waals surface area contributed by atoms with Crippen LogP contribution in [0.25, 0.3) is 6.08 Å². The molecule has 1 fully saturated rings. The van der Waals surface area contributed by atoms with E-state index in [1.807, 2.05) is 0 Å². The van der Waals surface area contributed by atoms with Crippen LogP contribution < -0.4 is 0 Å². The van der Waals surface area contributed by atoms with Gasteiger partial charge in [-0.2, -0.15) is 0 Å². The van der Waals surface area contributed by atoms with Crippen molar-refractivity contribution in [2.45, 2.75) is 36.8 Å². The first-order valence-electron chi connectivity index (χ1n) is 7.53. The number of aliphatic hydroxyl groups excluding tert-OH is 2. The third kappa shape index (κ3) is 4.23. The number of ether oxygens (including phenoxy) is 1. The second-order valence-electron chi connectivity index (χ2n) is 5.95. The molecule has 26 heavy (non-hydrogen) atoms. The molecule has 5 N–H and O–H groups in total. The van der Waals surface area contributed by atoms with Crippen molar-refractivity contribution in [3.05, 3.63) is 34.7 Å². The van der Waals surface area contributed by atoms with E-state index < -0.39 is 54.4 Å². The molecule has 2 rings (SSSR count). The number of nitrogens with zero attached hydrogens (tertiary/aromatic N) is 1. The fourth-order valence-corrected chi connectivity index (χ4v) is 2.62. The summed E-state index contributed by atoms with van der Waals surface area (Å²) in [5.41, 5.74) is -1.98. The number of benzene rings is 1. The van der Waals surface area contributed by atoms with Gasteiger partial charge in [0.2, 0.25) is 0 Å². The fraction of sp³-hybridized carbons (Fsp3) is 0.375. The van der Waals surface area contributed by atoms with Crippen LogP contribution in [0.5, 0.6) is 11.5 Å². The number of esters is 1. The zero-order valence-electron chi connectivity index (χ0n) is 13.3. The minimum atomic E-state index is -2.34. The molecule has 0 bridgehead atoms. The summed E-state index contributed by atoms with van der Waals surface area (Å²) in [6, 6.07) is 3.80. The Morgan fingerprint density at radius 1 is 1.19 bits per heavy atom. The highest BCUT2D eigenvalue weighted by Crippen LogP contribution is 2.32. The molecular weight excluding hydrogens is 350 g/mol. The first kappa shape index (κ1) is 19.5. The lowest BCUT2D eigenvalue weighted by molar-refractivity contribution is -0.185. The quantitative estimate of drug-likeness (QED) is 0.204. The summed E-state index contributed by atoms with van der Waals surface area (Å²) in [7, 11) is 0. The molecule has 0 heterocycles. The van der Waals surface area contributed by atoms with Gasteiger partial charge in [-0.15, -0.1) is 4.91 Å². The van der Waals surface area contributed by atoms with Gasteiger partial charge in [0.05, 0.1) is 6.10 Å². The maximum absolute atomic E-state index is 11.9. The Hall–Kier alpha value is -2.82. The van der Waals surface area contributed by atoms with Gasteiger partial charge in [0.15, 0.2) is 17.1 Å². The Kier molecular flexibility index (Phi) is 5.70. The molecule has 0 radical (unpaired) electrons. The lowest BCUT2D eigenvalue weighted by Crippen LogP contribution is -2.56. The largest absolute Gasteiger partial charge is 0.504 e. The van der Waals surface area contributed by atoms with Gasteiger partial charge < -0.3 is 30.3 Å². The van der Waals surface area contributed by atoms with E-state index in [0.717, 1.165) is 6.08 Å². The van der Waals surface area contributed by atoms with Gasteiger partial charge in [-0.3, -0.25) is 4.79 Å². The Bertz CT molecular complexity index is 747. The third-order valence-corrected chi connectivity index (χ3v) is 4.02. The minimum absolute atomic E-state index is 0.336. The highest BCUT2D eigenvalue weighted by molar-refractivity contribution is 5.88. The molecule has 4 atom stereocenters. The van der Waals surface area contributed by atoms with E-state index >= 15 is 0 Å². The normalized spacial score (nSPS) is 28.7. The van der Waals surface area contributed by atoms with Crippen molar-refractivity contribution < 1.29 is 39.9 Å². The Morgan fingerprint density at radius 3 is 2.50 bits per heavy atom. The van der Waals surface area contributed by atoms with E-state index in [2.05, 4.69) is 5.18 Å². The highest BCUT2D eigenvalue weighted by Gasteiger charge is 2.50. The predicted octanol–water partition coefficient (Wildman–Crippen LogP) is -0.438. The average molecular weight is 367 g/mol. The number of aromatic hydroxyl groups is 2. The number of hydrogen-bond donors (Lipinski definition) is 5. The van der Waals surface area contributed by atoms with Gasteiger partial charge in [0.25, 0.3) is 0 Å². The minimum Gasteiger partial charge on any atom is -0.504 e. The van der Waals surface area contributed by atoms with Crippen LogP contribution in [0.4, 0.5) is 0 Å². The van der Waals surface area contributed by atoms with Crippen molar-refractivity contribution in [3.63, 3.8) is 0 Å².